The summed E-state index contributed by atoms with van der Waals surface area (Å²) < 4.78 is 5.88. The van der Waals surface area contributed by atoms with Crippen LogP contribution in [0.15, 0.2) is 0 Å². The zero-order valence-electron chi connectivity index (χ0n) is 22.7. The van der Waals surface area contributed by atoms with E-state index < -0.39 is 24.4 Å². The first kappa shape index (κ1) is 27.3. The number of rotatable bonds is 6. The molecular weight excluding hydrogens is 444 g/mol. The van der Waals surface area contributed by atoms with Gasteiger partial charge in [-0.3, -0.25) is 4.79 Å². The standard InChI is InChI=1S/C29H50O6/c1-7-17(15(2)3)26(33)25(32)16(4)19-8-9-20-18-14-35-27(34)22-12-23(30)24(31)13-29(22,6)21(18)10-11-28(19,20)5/h15-26,30-33H,7-14H2,1-6H3/t16-,17+,18-,19-,20+,21-,22-,23-,24+,25-,26-,28+,29+/m0/s1. The molecule has 1 saturated heterocycles. The summed E-state index contributed by atoms with van der Waals surface area (Å²) in [7, 11) is 0. The Morgan fingerprint density at radius 3 is 2.26 bits per heavy atom. The van der Waals surface area contributed by atoms with Gasteiger partial charge in [-0.2, -0.15) is 0 Å². The second-order valence-corrected chi connectivity index (χ2v) is 13.5. The molecular formula is C29H50O6. The SMILES string of the molecule is CC[C@H](C(C)C)[C@H](O)[C@@H](O)[C@@H](C)[C@@H]1CC[C@@H]2[C@@H]3COC(=O)[C@@H]4C[C@H](O)[C@H](O)C[C@]4(C)[C@H]3CC[C@@]21C. The Morgan fingerprint density at radius 1 is 0.971 bits per heavy atom. The molecule has 0 amide bonds. The lowest BCUT2D eigenvalue weighted by Crippen LogP contribution is -2.55. The Kier molecular flexibility index (Phi) is 7.72. The monoisotopic (exact) mass is 494 g/mol. The third-order valence-electron chi connectivity index (χ3n) is 11.7. The fourth-order valence-corrected chi connectivity index (χ4v) is 9.60. The minimum atomic E-state index is -0.867. The molecule has 6 heteroatoms. The van der Waals surface area contributed by atoms with E-state index in [2.05, 4.69) is 41.5 Å². The fraction of sp³-hybridized carbons (Fsp3) is 0.966. The molecule has 0 unspecified atom stereocenters. The van der Waals surface area contributed by atoms with E-state index in [4.69, 9.17) is 4.74 Å². The molecule has 202 valence electrons. The van der Waals surface area contributed by atoms with E-state index in [-0.39, 0.29) is 52.8 Å². The molecule has 3 saturated carbocycles. The molecule has 3 aliphatic carbocycles. The molecule has 0 radical (unpaired) electrons. The van der Waals surface area contributed by atoms with Gasteiger partial charge in [0.05, 0.1) is 36.9 Å². The van der Waals surface area contributed by atoms with Crippen molar-refractivity contribution in [2.75, 3.05) is 6.61 Å². The van der Waals surface area contributed by atoms with E-state index in [1.54, 1.807) is 0 Å². The summed E-state index contributed by atoms with van der Waals surface area (Å²) in [6.45, 7) is 13.4. The van der Waals surface area contributed by atoms with Crippen LogP contribution < -0.4 is 0 Å². The highest BCUT2D eigenvalue weighted by atomic mass is 16.5. The minimum absolute atomic E-state index is 0.00679. The van der Waals surface area contributed by atoms with Crippen LogP contribution >= 0.6 is 0 Å². The van der Waals surface area contributed by atoms with Gasteiger partial charge in [0.25, 0.3) is 0 Å². The molecule has 1 heterocycles. The zero-order chi connectivity index (χ0) is 25.9. The van der Waals surface area contributed by atoms with Crippen LogP contribution in [0.5, 0.6) is 0 Å². The van der Waals surface area contributed by atoms with Crippen molar-refractivity contribution in [3.63, 3.8) is 0 Å². The Balaban J connectivity index is 1.57. The van der Waals surface area contributed by atoms with E-state index in [1.807, 2.05) is 0 Å². The summed E-state index contributed by atoms with van der Waals surface area (Å²) in [5.41, 5.74) is -0.348. The van der Waals surface area contributed by atoms with Crippen molar-refractivity contribution in [3.8, 4) is 0 Å². The number of ether oxygens (including phenoxy) is 1. The number of hydrogen-bond acceptors (Lipinski definition) is 6. The third-order valence-corrected chi connectivity index (χ3v) is 11.7. The van der Waals surface area contributed by atoms with Gasteiger partial charge in [-0.1, -0.05) is 48.0 Å². The average molecular weight is 495 g/mol. The average Bonchev–Trinajstić information content (AvgIpc) is 3.11. The first-order valence-corrected chi connectivity index (χ1v) is 14.3. The van der Waals surface area contributed by atoms with Crippen LogP contribution in [0, 0.1) is 58.2 Å². The number of hydrogen-bond donors (Lipinski definition) is 4. The Bertz CT molecular complexity index is 770. The van der Waals surface area contributed by atoms with Crippen LogP contribution in [0.4, 0.5) is 0 Å². The highest BCUT2D eigenvalue weighted by Crippen LogP contribution is 2.66. The summed E-state index contributed by atoms with van der Waals surface area (Å²) in [5, 5.41) is 43.2. The molecule has 4 N–H and O–H groups in total. The van der Waals surface area contributed by atoms with Crippen LogP contribution in [0.1, 0.15) is 86.5 Å². The number of cyclic esters (lactones) is 1. The van der Waals surface area contributed by atoms with E-state index in [0.29, 0.717) is 30.8 Å². The molecule has 0 aromatic heterocycles. The Morgan fingerprint density at radius 2 is 1.63 bits per heavy atom. The van der Waals surface area contributed by atoms with Crippen LogP contribution in [-0.4, -0.2) is 57.4 Å². The Labute approximate surface area is 211 Å². The summed E-state index contributed by atoms with van der Waals surface area (Å²) in [5.74, 6) is 1.01. The first-order chi connectivity index (χ1) is 16.4. The maximum Gasteiger partial charge on any atom is 0.309 e. The Hall–Kier alpha value is -0.690. The van der Waals surface area contributed by atoms with Crippen LogP contribution in [0.3, 0.4) is 0 Å². The van der Waals surface area contributed by atoms with Crippen molar-refractivity contribution in [3.05, 3.63) is 0 Å². The van der Waals surface area contributed by atoms with E-state index >= 15 is 0 Å². The lowest BCUT2D eigenvalue weighted by Gasteiger charge is -2.56. The number of fused-ring (bicyclic) bond motifs is 5. The molecule has 0 aromatic rings. The van der Waals surface area contributed by atoms with Gasteiger partial charge >= 0.3 is 5.97 Å². The number of carbonyl (C=O) groups is 1. The van der Waals surface area contributed by atoms with Gasteiger partial charge in [-0.05, 0) is 90.8 Å². The van der Waals surface area contributed by atoms with Crippen LogP contribution in [0.25, 0.3) is 0 Å². The van der Waals surface area contributed by atoms with Crippen molar-refractivity contribution >= 4 is 5.97 Å². The maximum absolute atomic E-state index is 13.0. The largest absolute Gasteiger partial charge is 0.465 e. The summed E-state index contributed by atoms with van der Waals surface area (Å²) in [6.07, 6.45) is 2.49. The van der Waals surface area contributed by atoms with Gasteiger partial charge in [0.15, 0.2) is 0 Å². The number of aliphatic hydroxyl groups excluding tert-OH is 4. The lowest BCUT2D eigenvalue weighted by atomic mass is 9.48. The van der Waals surface area contributed by atoms with Crippen molar-refractivity contribution < 1.29 is 30.0 Å². The van der Waals surface area contributed by atoms with Gasteiger partial charge in [-0.25, -0.2) is 0 Å². The van der Waals surface area contributed by atoms with Crippen molar-refractivity contribution in [2.45, 2.75) is 111 Å². The van der Waals surface area contributed by atoms with Gasteiger partial charge in [0.2, 0.25) is 0 Å². The van der Waals surface area contributed by atoms with Gasteiger partial charge in [0.1, 0.15) is 0 Å². The molecule has 6 nitrogen and oxygen atoms in total. The third kappa shape index (κ3) is 4.38. The summed E-state index contributed by atoms with van der Waals surface area (Å²) in [4.78, 5) is 13.0. The maximum atomic E-state index is 13.0. The summed E-state index contributed by atoms with van der Waals surface area (Å²) in [6, 6.07) is 0. The normalized spacial score (nSPS) is 47.1. The molecule has 0 bridgehead atoms. The summed E-state index contributed by atoms with van der Waals surface area (Å²) >= 11 is 0. The number of aliphatic hydroxyl groups is 4. The quantitative estimate of drug-likeness (QED) is 0.419. The van der Waals surface area contributed by atoms with Crippen LogP contribution in [-0.2, 0) is 9.53 Å². The topological polar surface area (TPSA) is 107 Å². The van der Waals surface area contributed by atoms with E-state index in [9.17, 15) is 25.2 Å². The second-order valence-electron chi connectivity index (χ2n) is 13.5. The predicted octanol–water partition coefficient (Wildman–Crippen LogP) is 3.78. The molecule has 0 spiro atoms. The highest BCUT2D eigenvalue weighted by Gasteiger charge is 2.63. The second kappa shape index (κ2) is 9.89. The molecule has 4 aliphatic rings. The van der Waals surface area contributed by atoms with E-state index in [1.165, 1.54) is 0 Å². The van der Waals surface area contributed by atoms with E-state index in [0.717, 1.165) is 32.1 Å². The first-order valence-electron chi connectivity index (χ1n) is 14.3. The van der Waals surface area contributed by atoms with Crippen molar-refractivity contribution in [2.24, 2.45) is 58.2 Å². The molecule has 4 fully saturated rings. The fourth-order valence-electron chi connectivity index (χ4n) is 9.60. The van der Waals surface area contributed by atoms with Crippen LogP contribution in [0.2, 0.25) is 0 Å². The molecule has 1 aliphatic heterocycles. The highest BCUT2D eigenvalue weighted by molar-refractivity contribution is 5.74. The van der Waals surface area contributed by atoms with Gasteiger partial charge in [-0.15, -0.1) is 0 Å². The molecule has 4 rings (SSSR count). The van der Waals surface area contributed by atoms with Crippen molar-refractivity contribution in [1.29, 1.82) is 0 Å². The predicted molar refractivity (Wildman–Crippen MR) is 134 cm³/mol. The number of carbonyl (C=O) groups excluding carboxylic acids is 1. The molecule has 35 heavy (non-hydrogen) atoms. The van der Waals surface area contributed by atoms with Gasteiger partial charge < -0.3 is 25.2 Å². The molecule has 13 atom stereocenters. The van der Waals surface area contributed by atoms with Gasteiger partial charge in [0, 0.05) is 0 Å². The zero-order valence-corrected chi connectivity index (χ0v) is 22.7. The lowest BCUT2D eigenvalue weighted by molar-refractivity contribution is -0.162. The van der Waals surface area contributed by atoms with Crippen molar-refractivity contribution in [1.82, 2.24) is 0 Å². The molecule has 0 aromatic carbocycles. The smallest absolute Gasteiger partial charge is 0.309 e. The number of esters is 1. The minimum Gasteiger partial charge on any atom is -0.465 e.